The Hall–Kier alpha value is -3.12. The molecule has 0 radical (unpaired) electrons. The van der Waals surface area contributed by atoms with Crippen molar-refractivity contribution in [3.63, 3.8) is 0 Å². The second kappa shape index (κ2) is 8.27. The van der Waals surface area contributed by atoms with E-state index < -0.39 is 10.0 Å². The fraction of sp³-hybridized carbons (Fsp3) is 0.136. The summed E-state index contributed by atoms with van der Waals surface area (Å²) in [6.07, 6.45) is 0. The highest BCUT2D eigenvalue weighted by molar-refractivity contribution is 7.92. The molecule has 1 N–H and O–H groups in total. The van der Waals surface area contributed by atoms with E-state index in [1.165, 1.54) is 12.1 Å². The molecule has 3 aromatic rings. The average molecular weight is 394 g/mol. The summed E-state index contributed by atoms with van der Waals surface area (Å²) < 4.78 is 27.9. The maximum atomic E-state index is 13.1. The Morgan fingerprint density at radius 3 is 2.04 bits per heavy atom. The molecule has 0 aliphatic heterocycles. The van der Waals surface area contributed by atoms with Crippen molar-refractivity contribution in [2.75, 3.05) is 11.8 Å². The van der Waals surface area contributed by atoms with Gasteiger partial charge >= 0.3 is 0 Å². The molecule has 3 rings (SSSR count). The van der Waals surface area contributed by atoms with Gasteiger partial charge in [0.25, 0.3) is 15.9 Å². The number of rotatable bonds is 6. The number of anilines is 1. The minimum absolute atomic E-state index is 0.142. The van der Waals surface area contributed by atoms with Crippen LogP contribution in [-0.4, -0.2) is 26.3 Å². The zero-order chi connectivity index (χ0) is 20.1. The SMILES string of the molecule is C[C@@H](c1ccccc1)N(C)C(=O)c1ccccc1NS(=O)(=O)c1ccccc1. The molecule has 5 nitrogen and oxygen atoms in total. The normalized spacial score (nSPS) is 12.2. The van der Waals surface area contributed by atoms with Gasteiger partial charge in [-0.15, -0.1) is 0 Å². The third-order valence-corrected chi connectivity index (χ3v) is 6.02. The topological polar surface area (TPSA) is 66.5 Å². The Bertz CT molecular complexity index is 1050. The van der Waals surface area contributed by atoms with Crippen LogP contribution in [0.15, 0.2) is 89.8 Å². The number of carbonyl (C=O) groups is 1. The number of sulfonamides is 1. The summed E-state index contributed by atoms with van der Waals surface area (Å²) >= 11 is 0. The summed E-state index contributed by atoms with van der Waals surface area (Å²) in [5, 5.41) is 0. The molecule has 0 aromatic heterocycles. The van der Waals surface area contributed by atoms with Crippen LogP contribution in [-0.2, 0) is 10.0 Å². The molecule has 1 atom stereocenters. The van der Waals surface area contributed by atoms with Gasteiger partial charge in [-0.05, 0) is 36.8 Å². The highest BCUT2D eigenvalue weighted by Crippen LogP contribution is 2.25. The molecule has 0 spiro atoms. The molecule has 0 bridgehead atoms. The summed E-state index contributed by atoms with van der Waals surface area (Å²) in [4.78, 5) is 14.8. The second-order valence-corrected chi connectivity index (χ2v) is 8.15. The van der Waals surface area contributed by atoms with Crippen LogP contribution in [0.4, 0.5) is 5.69 Å². The number of hydrogen-bond donors (Lipinski definition) is 1. The van der Waals surface area contributed by atoms with Crippen molar-refractivity contribution in [3.8, 4) is 0 Å². The van der Waals surface area contributed by atoms with Crippen LogP contribution in [0.5, 0.6) is 0 Å². The van der Waals surface area contributed by atoms with Gasteiger partial charge in [-0.3, -0.25) is 9.52 Å². The van der Waals surface area contributed by atoms with Crippen molar-refractivity contribution in [1.29, 1.82) is 0 Å². The lowest BCUT2D eigenvalue weighted by molar-refractivity contribution is 0.0743. The molecule has 0 saturated carbocycles. The van der Waals surface area contributed by atoms with Crippen LogP contribution in [0, 0.1) is 0 Å². The van der Waals surface area contributed by atoms with Gasteiger partial charge in [0, 0.05) is 7.05 Å². The minimum Gasteiger partial charge on any atom is -0.335 e. The van der Waals surface area contributed by atoms with Gasteiger partial charge < -0.3 is 4.90 Å². The van der Waals surface area contributed by atoms with Gasteiger partial charge in [-0.1, -0.05) is 60.7 Å². The molecular weight excluding hydrogens is 372 g/mol. The highest BCUT2D eigenvalue weighted by atomic mass is 32.2. The average Bonchev–Trinajstić information content (AvgIpc) is 2.73. The van der Waals surface area contributed by atoms with Crippen LogP contribution in [0.3, 0.4) is 0 Å². The number of nitrogens with zero attached hydrogens (tertiary/aromatic N) is 1. The van der Waals surface area contributed by atoms with Gasteiger partial charge in [-0.25, -0.2) is 8.42 Å². The third-order valence-electron chi connectivity index (χ3n) is 4.64. The summed E-state index contributed by atoms with van der Waals surface area (Å²) in [5.41, 5.74) is 1.55. The van der Waals surface area contributed by atoms with E-state index in [0.717, 1.165) is 5.56 Å². The molecule has 0 fully saturated rings. The minimum atomic E-state index is -3.79. The van der Waals surface area contributed by atoms with Crippen molar-refractivity contribution >= 4 is 21.6 Å². The monoisotopic (exact) mass is 394 g/mol. The van der Waals surface area contributed by atoms with E-state index in [4.69, 9.17) is 0 Å². The van der Waals surface area contributed by atoms with Crippen LogP contribution in [0.1, 0.15) is 28.9 Å². The van der Waals surface area contributed by atoms with E-state index in [0.29, 0.717) is 5.56 Å². The van der Waals surface area contributed by atoms with Gasteiger partial charge in [0.1, 0.15) is 0 Å². The zero-order valence-electron chi connectivity index (χ0n) is 15.7. The van der Waals surface area contributed by atoms with Gasteiger partial charge in [0.2, 0.25) is 0 Å². The van der Waals surface area contributed by atoms with Crippen molar-refractivity contribution in [1.82, 2.24) is 4.90 Å². The molecule has 0 aliphatic rings. The van der Waals surface area contributed by atoms with Crippen molar-refractivity contribution in [2.24, 2.45) is 0 Å². The smallest absolute Gasteiger partial charge is 0.261 e. The summed E-state index contributed by atoms with van der Waals surface area (Å²) in [6.45, 7) is 1.93. The lowest BCUT2D eigenvalue weighted by atomic mass is 10.1. The van der Waals surface area contributed by atoms with Crippen molar-refractivity contribution in [2.45, 2.75) is 17.9 Å². The van der Waals surface area contributed by atoms with E-state index in [9.17, 15) is 13.2 Å². The lowest BCUT2D eigenvalue weighted by Gasteiger charge is -2.26. The number of nitrogens with one attached hydrogen (secondary N) is 1. The van der Waals surface area contributed by atoms with E-state index in [2.05, 4.69) is 4.72 Å². The molecule has 6 heteroatoms. The maximum Gasteiger partial charge on any atom is 0.261 e. The quantitative estimate of drug-likeness (QED) is 0.677. The Balaban J connectivity index is 1.89. The first-order valence-electron chi connectivity index (χ1n) is 8.89. The Kier molecular flexibility index (Phi) is 5.80. The Morgan fingerprint density at radius 2 is 1.39 bits per heavy atom. The van der Waals surface area contributed by atoms with E-state index in [1.54, 1.807) is 54.4 Å². The summed E-state index contributed by atoms with van der Waals surface area (Å²) in [5.74, 6) is -0.261. The van der Waals surface area contributed by atoms with Crippen LogP contribution >= 0.6 is 0 Å². The zero-order valence-corrected chi connectivity index (χ0v) is 16.6. The molecule has 144 valence electrons. The summed E-state index contributed by atoms with van der Waals surface area (Å²) in [6, 6.07) is 24.2. The van der Waals surface area contributed by atoms with Crippen LogP contribution in [0.2, 0.25) is 0 Å². The molecule has 0 heterocycles. The second-order valence-electron chi connectivity index (χ2n) is 6.47. The number of amides is 1. The van der Waals surface area contributed by atoms with Crippen molar-refractivity contribution < 1.29 is 13.2 Å². The van der Waals surface area contributed by atoms with Crippen molar-refractivity contribution in [3.05, 3.63) is 96.1 Å². The molecule has 1 amide bonds. The number of hydrogen-bond acceptors (Lipinski definition) is 3. The Labute approximate surface area is 165 Å². The maximum absolute atomic E-state index is 13.1. The van der Waals surface area contributed by atoms with Gasteiger partial charge in [0.05, 0.1) is 22.2 Å². The lowest BCUT2D eigenvalue weighted by Crippen LogP contribution is -2.30. The van der Waals surface area contributed by atoms with Gasteiger partial charge in [0.15, 0.2) is 0 Å². The number of carbonyl (C=O) groups excluding carboxylic acids is 1. The number of benzene rings is 3. The predicted molar refractivity (Wildman–Crippen MR) is 111 cm³/mol. The van der Waals surface area contributed by atoms with E-state index >= 15 is 0 Å². The highest BCUT2D eigenvalue weighted by Gasteiger charge is 2.23. The first-order chi connectivity index (χ1) is 13.4. The molecule has 3 aromatic carbocycles. The fourth-order valence-corrected chi connectivity index (χ4v) is 3.98. The largest absolute Gasteiger partial charge is 0.335 e. The molecule has 0 aliphatic carbocycles. The van der Waals surface area contributed by atoms with Crippen LogP contribution < -0.4 is 4.72 Å². The fourth-order valence-electron chi connectivity index (χ4n) is 2.88. The number of para-hydroxylation sites is 1. The first-order valence-corrected chi connectivity index (χ1v) is 10.4. The standard InChI is InChI=1S/C22H22N2O3S/c1-17(18-11-5-3-6-12-18)24(2)22(25)20-15-9-10-16-21(20)23-28(26,27)19-13-7-4-8-14-19/h3-17,23H,1-2H3/t17-/m0/s1. The predicted octanol–water partition coefficient (Wildman–Crippen LogP) is 4.32. The third kappa shape index (κ3) is 4.23. The van der Waals surface area contributed by atoms with E-state index in [-0.39, 0.29) is 22.5 Å². The first kappa shape index (κ1) is 19.6. The molecule has 0 saturated heterocycles. The van der Waals surface area contributed by atoms with Crippen LogP contribution in [0.25, 0.3) is 0 Å². The molecule has 0 unspecified atom stereocenters. The summed E-state index contributed by atoms with van der Waals surface area (Å²) in [7, 11) is -2.08. The van der Waals surface area contributed by atoms with Gasteiger partial charge in [-0.2, -0.15) is 0 Å². The molecule has 28 heavy (non-hydrogen) atoms. The molecular formula is C22H22N2O3S. The Morgan fingerprint density at radius 1 is 0.857 bits per heavy atom. The van der Waals surface area contributed by atoms with E-state index in [1.807, 2.05) is 37.3 Å².